The van der Waals surface area contributed by atoms with Gasteiger partial charge in [-0.3, -0.25) is 4.79 Å². The lowest BCUT2D eigenvalue weighted by Gasteiger charge is -2.11. The molecular weight excluding hydrogens is 371 g/mol. The van der Waals surface area contributed by atoms with Gasteiger partial charge < -0.3 is 14.6 Å². The quantitative estimate of drug-likeness (QED) is 0.704. The molecule has 0 radical (unpaired) electrons. The summed E-state index contributed by atoms with van der Waals surface area (Å²) in [5.41, 5.74) is 2.17. The molecule has 4 rings (SSSR count). The van der Waals surface area contributed by atoms with Crippen molar-refractivity contribution in [3.8, 4) is 11.4 Å². The monoisotopic (exact) mass is 394 g/mol. The molecule has 2 aromatic carbocycles. The van der Waals surface area contributed by atoms with Gasteiger partial charge >= 0.3 is 0 Å². The third-order valence-corrected chi connectivity index (χ3v) is 5.08. The summed E-state index contributed by atoms with van der Waals surface area (Å²) >= 11 is 0. The van der Waals surface area contributed by atoms with Crippen molar-refractivity contribution >= 4 is 11.6 Å². The van der Waals surface area contributed by atoms with Crippen molar-refractivity contribution in [3.63, 3.8) is 0 Å². The van der Waals surface area contributed by atoms with E-state index in [4.69, 9.17) is 4.74 Å². The Kier molecular flexibility index (Phi) is 5.67. The Bertz CT molecular complexity index is 1030. The summed E-state index contributed by atoms with van der Waals surface area (Å²) in [7, 11) is 1.60. The van der Waals surface area contributed by atoms with Crippen molar-refractivity contribution in [2.75, 3.05) is 12.4 Å². The van der Waals surface area contributed by atoms with Gasteiger partial charge in [-0.25, -0.2) is 4.39 Å². The van der Waals surface area contributed by atoms with Crippen LogP contribution in [0.2, 0.25) is 0 Å². The number of aromatic nitrogens is 3. The van der Waals surface area contributed by atoms with E-state index in [1.165, 1.54) is 6.07 Å². The minimum Gasteiger partial charge on any atom is -0.380 e. The number of anilines is 1. The number of hydrogen-bond acceptors (Lipinski definition) is 4. The maximum absolute atomic E-state index is 14.4. The highest BCUT2D eigenvalue weighted by atomic mass is 19.1. The van der Waals surface area contributed by atoms with Crippen LogP contribution in [0.4, 0.5) is 10.1 Å². The number of methoxy groups -OCH3 is 1. The van der Waals surface area contributed by atoms with Crippen LogP contribution in [0.1, 0.15) is 41.0 Å². The number of halogens is 1. The van der Waals surface area contributed by atoms with E-state index in [1.54, 1.807) is 37.4 Å². The molecule has 0 atom stereocenters. The molecule has 1 aliphatic heterocycles. The van der Waals surface area contributed by atoms with Crippen molar-refractivity contribution < 1.29 is 13.9 Å². The SMILES string of the molecule is COCc1cccc(C(=O)Nc2cc(-c3nnc4n3CCCCC4)ccc2F)c1. The highest BCUT2D eigenvalue weighted by Gasteiger charge is 2.18. The van der Waals surface area contributed by atoms with Crippen LogP contribution >= 0.6 is 0 Å². The van der Waals surface area contributed by atoms with Gasteiger partial charge in [0.25, 0.3) is 5.91 Å². The lowest BCUT2D eigenvalue weighted by atomic mass is 10.1. The van der Waals surface area contributed by atoms with Gasteiger partial charge in [-0.15, -0.1) is 10.2 Å². The average Bonchev–Trinajstić information content (AvgIpc) is 2.98. The number of hydrogen-bond donors (Lipinski definition) is 1. The summed E-state index contributed by atoms with van der Waals surface area (Å²) in [5, 5.41) is 11.3. The van der Waals surface area contributed by atoms with Crippen molar-refractivity contribution in [1.29, 1.82) is 0 Å². The zero-order chi connectivity index (χ0) is 20.2. The van der Waals surface area contributed by atoms with E-state index in [1.807, 2.05) is 6.07 Å². The number of ether oxygens (including phenoxy) is 1. The fraction of sp³-hybridized carbons (Fsp3) is 0.318. The number of rotatable bonds is 5. The second-order valence-electron chi connectivity index (χ2n) is 7.18. The minimum atomic E-state index is -0.495. The predicted octanol–water partition coefficient (Wildman–Crippen LogP) is 4.21. The Morgan fingerprint density at radius 2 is 2.07 bits per heavy atom. The molecule has 0 unspecified atom stereocenters. The normalized spacial score (nSPS) is 13.6. The zero-order valence-corrected chi connectivity index (χ0v) is 16.3. The Morgan fingerprint density at radius 3 is 2.93 bits per heavy atom. The summed E-state index contributed by atoms with van der Waals surface area (Å²) in [6.45, 7) is 1.26. The number of nitrogens with one attached hydrogen (secondary N) is 1. The molecule has 7 heteroatoms. The molecule has 150 valence electrons. The molecule has 0 saturated carbocycles. The standard InChI is InChI=1S/C22H23FN4O2/c1-29-14-15-6-5-7-17(12-15)22(28)24-19-13-16(9-10-18(19)23)21-26-25-20-8-3-2-4-11-27(20)21/h5-7,9-10,12-13H,2-4,8,11,14H2,1H3,(H,24,28). The largest absolute Gasteiger partial charge is 0.380 e. The van der Waals surface area contributed by atoms with Crippen molar-refractivity contribution in [2.45, 2.75) is 38.8 Å². The summed E-state index contributed by atoms with van der Waals surface area (Å²) in [6, 6.07) is 11.7. The van der Waals surface area contributed by atoms with Crippen molar-refractivity contribution in [1.82, 2.24) is 14.8 Å². The Balaban J connectivity index is 1.60. The summed E-state index contributed by atoms with van der Waals surface area (Å²) < 4.78 is 21.6. The molecule has 29 heavy (non-hydrogen) atoms. The second kappa shape index (κ2) is 8.53. The lowest BCUT2D eigenvalue weighted by Crippen LogP contribution is -2.13. The summed E-state index contributed by atoms with van der Waals surface area (Å²) in [6.07, 6.45) is 4.23. The van der Waals surface area contributed by atoms with Gasteiger partial charge in [-0.05, 0) is 48.7 Å². The summed E-state index contributed by atoms with van der Waals surface area (Å²) in [5.74, 6) is 0.798. The molecule has 2 heterocycles. The van der Waals surface area contributed by atoms with Gasteiger partial charge in [0.05, 0.1) is 12.3 Å². The fourth-order valence-corrected chi connectivity index (χ4v) is 3.62. The van der Waals surface area contributed by atoms with Crippen LogP contribution in [0.3, 0.4) is 0 Å². The third-order valence-electron chi connectivity index (χ3n) is 5.08. The Hall–Kier alpha value is -3.06. The lowest BCUT2D eigenvalue weighted by molar-refractivity contribution is 0.102. The number of fused-ring (bicyclic) bond motifs is 1. The number of benzene rings is 2. The first-order valence-corrected chi connectivity index (χ1v) is 9.77. The molecule has 1 aliphatic rings. The number of aryl methyl sites for hydroxylation is 1. The van der Waals surface area contributed by atoms with E-state index in [0.29, 0.717) is 18.0 Å². The smallest absolute Gasteiger partial charge is 0.255 e. The van der Waals surface area contributed by atoms with Gasteiger partial charge in [0.2, 0.25) is 0 Å². The first-order chi connectivity index (χ1) is 14.2. The molecule has 1 aromatic heterocycles. The van der Waals surface area contributed by atoms with Crippen LogP contribution in [0.25, 0.3) is 11.4 Å². The minimum absolute atomic E-state index is 0.121. The van der Waals surface area contributed by atoms with E-state index < -0.39 is 5.82 Å². The molecule has 1 N–H and O–H groups in total. The van der Waals surface area contributed by atoms with Gasteiger partial charge in [-0.2, -0.15) is 0 Å². The molecule has 0 aliphatic carbocycles. The van der Waals surface area contributed by atoms with Crippen LogP contribution in [0.5, 0.6) is 0 Å². The van der Waals surface area contributed by atoms with Crippen molar-refractivity contribution in [3.05, 3.63) is 65.2 Å². The van der Waals surface area contributed by atoms with E-state index in [0.717, 1.165) is 49.2 Å². The number of nitrogens with zero attached hydrogens (tertiary/aromatic N) is 3. The fourth-order valence-electron chi connectivity index (χ4n) is 3.62. The molecule has 0 saturated heterocycles. The van der Waals surface area contributed by atoms with E-state index in [2.05, 4.69) is 20.1 Å². The van der Waals surface area contributed by atoms with Crippen molar-refractivity contribution in [2.24, 2.45) is 0 Å². The van der Waals surface area contributed by atoms with E-state index in [9.17, 15) is 9.18 Å². The first kappa shape index (κ1) is 19.3. The molecule has 6 nitrogen and oxygen atoms in total. The van der Waals surface area contributed by atoms with Gasteiger partial charge in [-0.1, -0.05) is 18.6 Å². The van der Waals surface area contributed by atoms with Crippen LogP contribution < -0.4 is 5.32 Å². The van der Waals surface area contributed by atoms with Gasteiger partial charge in [0.1, 0.15) is 11.6 Å². The maximum Gasteiger partial charge on any atom is 0.255 e. The second-order valence-corrected chi connectivity index (χ2v) is 7.18. The third kappa shape index (κ3) is 4.19. The van der Waals surface area contributed by atoms with E-state index in [-0.39, 0.29) is 11.6 Å². The molecular formula is C22H23FN4O2. The van der Waals surface area contributed by atoms with Crippen LogP contribution in [-0.2, 0) is 24.3 Å². The highest BCUT2D eigenvalue weighted by Crippen LogP contribution is 2.27. The molecule has 0 bridgehead atoms. The average molecular weight is 394 g/mol. The molecule has 0 fully saturated rings. The Morgan fingerprint density at radius 1 is 1.17 bits per heavy atom. The van der Waals surface area contributed by atoms with Crippen LogP contribution in [0, 0.1) is 5.82 Å². The zero-order valence-electron chi connectivity index (χ0n) is 16.3. The van der Waals surface area contributed by atoms with Crippen LogP contribution in [-0.4, -0.2) is 27.8 Å². The Labute approximate surface area is 168 Å². The highest BCUT2D eigenvalue weighted by molar-refractivity contribution is 6.04. The van der Waals surface area contributed by atoms with Crippen LogP contribution in [0.15, 0.2) is 42.5 Å². The van der Waals surface area contributed by atoms with Gasteiger partial charge in [0.15, 0.2) is 5.82 Å². The summed E-state index contributed by atoms with van der Waals surface area (Å²) in [4.78, 5) is 12.6. The first-order valence-electron chi connectivity index (χ1n) is 9.77. The number of carbonyl (C=O) groups excluding carboxylic acids is 1. The molecule has 1 amide bonds. The number of carbonyl (C=O) groups is 1. The van der Waals surface area contributed by atoms with Gasteiger partial charge in [0, 0.05) is 31.2 Å². The topological polar surface area (TPSA) is 69.0 Å². The predicted molar refractivity (Wildman–Crippen MR) is 108 cm³/mol. The maximum atomic E-state index is 14.4. The molecule has 0 spiro atoms. The van der Waals surface area contributed by atoms with E-state index >= 15 is 0 Å². The number of amides is 1. The molecule has 3 aromatic rings.